The Bertz CT molecular complexity index is 860. The lowest BCUT2D eigenvalue weighted by molar-refractivity contribution is -0.152. The minimum atomic E-state index is -0.566. The first kappa shape index (κ1) is 21.7. The molecule has 0 radical (unpaired) electrons. The van der Waals surface area contributed by atoms with Crippen LogP contribution in [0.1, 0.15) is 39.0 Å². The van der Waals surface area contributed by atoms with Gasteiger partial charge in [0.2, 0.25) is 11.8 Å². The third-order valence-electron chi connectivity index (χ3n) is 7.19. The van der Waals surface area contributed by atoms with E-state index >= 15 is 0 Å². The van der Waals surface area contributed by atoms with Crippen molar-refractivity contribution < 1.29 is 23.5 Å². The number of amides is 3. The van der Waals surface area contributed by atoms with Gasteiger partial charge in [-0.15, -0.1) is 0 Å². The Labute approximate surface area is 182 Å². The van der Waals surface area contributed by atoms with E-state index in [0.717, 1.165) is 25.9 Å². The van der Waals surface area contributed by atoms with Crippen molar-refractivity contribution >= 4 is 23.4 Å². The zero-order valence-corrected chi connectivity index (χ0v) is 18.2. The summed E-state index contributed by atoms with van der Waals surface area (Å²) in [4.78, 5) is 42.5. The number of ether oxygens (including phenoxy) is 1. The number of benzene rings is 1. The number of piperidine rings is 2. The van der Waals surface area contributed by atoms with Crippen LogP contribution in [-0.2, 0) is 19.1 Å². The number of methoxy groups -OCH3 is 1. The lowest BCUT2D eigenvalue weighted by Crippen LogP contribution is -2.78. The van der Waals surface area contributed by atoms with Crippen molar-refractivity contribution in [1.82, 2.24) is 9.80 Å². The quantitative estimate of drug-likeness (QED) is 0.686. The van der Waals surface area contributed by atoms with Crippen LogP contribution in [0.5, 0.6) is 0 Å². The summed E-state index contributed by atoms with van der Waals surface area (Å²) < 4.78 is 19.3. The van der Waals surface area contributed by atoms with Crippen LogP contribution in [-0.4, -0.2) is 72.5 Å². The molecule has 0 aliphatic carbocycles. The zero-order valence-electron chi connectivity index (χ0n) is 18.2. The second kappa shape index (κ2) is 8.57. The molecule has 7 nitrogen and oxygen atoms in total. The number of halogens is 1. The van der Waals surface area contributed by atoms with Crippen molar-refractivity contribution in [3.63, 3.8) is 0 Å². The third kappa shape index (κ3) is 3.93. The highest BCUT2D eigenvalue weighted by molar-refractivity contribution is 6.07. The maximum atomic E-state index is 13.8. The predicted molar refractivity (Wildman–Crippen MR) is 113 cm³/mol. The van der Waals surface area contributed by atoms with Gasteiger partial charge in [0.05, 0.1) is 5.54 Å². The van der Waals surface area contributed by atoms with Crippen molar-refractivity contribution in [2.24, 2.45) is 5.92 Å². The predicted octanol–water partition coefficient (Wildman–Crippen LogP) is 2.20. The minimum absolute atomic E-state index is 0.0942. The van der Waals surface area contributed by atoms with Gasteiger partial charge in [-0.1, -0.05) is 6.07 Å². The second-order valence-corrected chi connectivity index (χ2v) is 8.91. The van der Waals surface area contributed by atoms with Gasteiger partial charge in [0.25, 0.3) is 5.91 Å². The van der Waals surface area contributed by atoms with E-state index in [4.69, 9.17) is 4.74 Å². The number of carbonyl (C=O) groups is 3. The zero-order chi connectivity index (χ0) is 22.2. The molecule has 3 aliphatic heterocycles. The first-order chi connectivity index (χ1) is 14.9. The van der Waals surface area contributed by atoms with Gasteiger partial charge in [-0.2, -0.15) is 0 Å². The highest BCUT2D eigenvalue weighted by Crippen LogP contribution is 2.45. The van der Waals surface area contributed by atoms with Crippen LogP contribution in [0.2, 0.25) is 0 Å². The van der Waals surface area contributed by atoms with E-state index in [2.05, 4.69) is 0 Å². The normalized spacial score (nSPS) is 23.8. The number of carbonyl (C=O) groups excluding carboxylic acids is 3. The SMILES string of the molecule is COC1C(=O)N(c2cccc(F)c2)C12CCN(C(=O)CC1CCN(C(C)=O)CC1)CC2. The van der Waals surface area contributed by atoms with E-state index in [1.165, 1.54) is 19.2 Å². The molecule has 1 aromatic carbocycles. The summed E-state index contributed by atoms with van der Waals surface area (Å²) in [6.07, 6.45) is 2.85. The maximum absolute atomic E-state index is 13.8. The molecule has 1 atom stereocenters. The van der Waals surface area contributed by atoms with Gasteiger partial charge in [0.1, 0.15) is 5.82 Å². The van der Waals surface area contributed by atoms with Crippen molar-refractivity contribution in [1.29, 1.82) is 0 Å². The highest BCUT2D eigenvalue weighted by Gasteiger charge is 2.62. The number of rotatable bonds is 4. The van der Waals surface area contributed by atoms with E-state index in [1.807, 2.05) is 9.80 Å². The molecule has 8 heteroatoms. The molecule has 168 valence electrons. The van der Waals surface area contributed by atoms with E-state index < -0.39 is 11.6 Å². The fourth-order valence-corrected chi connectivity index (χ4v) is 5.39. The van der Waals surface area contributed by atoms with Gasteiger partial charge in [-0.05, 0) is 49.8 Å². The van der Waals surface area contributed by atoms with E-state index in [1.54, 1.807) is 24.0 Å². The number of hydrogen-bond acceptors (Lipinski definition) is 4. The molecule has 3 fully saturated rings. The van der Waals surface area contributed by atoms with Gasteiger partial charge in [0, 0.05) is 52.3 Å². The Morgan fingerprint density at radius 1 is 1.13 bits per heavy atom. The Hall–Kier alpha value is -2.48. The van der Waals surface area contributed by atoms with Crippen LogP contribution >= 0.6 is 0 Å². The molecular formula is C23H30FN3O4. The summed E-state index contributed by atoms with van der Waals surface area (Å²) in [6.45, 7) is 4.11. The molecule has 3 heterocycles. The molecule has 0 aromatic heterocycles. The molecule has 0 saturated carbocycles. The maximum Gasteiger partial charge on any atom is 0.259 e. The van der Waals surface area contributed by atoms with Gasteiger partial charge >= 0.3 is 0 Å². The number of anilines is 1. The van der Waals surface area contributed by atoms with Crippen LogP contribution in [0.25, 0.3) is 0 Å². The fourth-order valence-electron chi connectivity index (χ4n) is 5.39. The molecule has 1 unspecified atom stereocenters. The van der Waals surface area contributed by atoms with E-state index in [0.29, 0.717) is 44.0 Å². The van der Waals surface area contributed by atoms with Crippen molar-refractivity contribution in [3.8, 4) is 0 Å². The summed E-state index contributed by atoms with van der Waals surface area (Å²) in [6, 6.07) is 6.06. The molecule has 1 spiro atoms. The number of β-lactam (4-membered cyclic amide) rings is 1. The Morgan fingerprint density at radius 2 is 1.81 bits per heavy atom. The van der Waals surface area contributed by atoms with Crippen LogP contribution in [0.4, 0.5) is 10.1 Å². The molecule has 4 rings (SSSR count). The largest absolute Gasteiger partial charge is 0.369 e. The lowest BCUT2D eigenvalue weighted by atomic mass is 9.72. The fraction of sp³-hybridized carbons (Fsp3) is 0.609. The average Bonchev–Trinajstić information content (AvgIpc) is 2.75. The van der Waals surface area contributed by atoms with Crippen molar-refractivity contribution in [2.75, 3.05) is 38.2 Å². The Morgan fingerprint density at radius 3 is 2.39 bits per heavy atom. The van der Waals surface area contributed by atoms with Crippen LogP contribution < -0.4 is 4.90 Å². The smallest absolute Gasteiger partial charge is 0.259 e. The average molecular weight is 432 g/mol. The van der Waals surface area contributed by atoms with Crippen molar-refractivity contribution in [3.05, 3.63) is 30.1 Å². The summed E-state index contributed by atoms with van der Waals surface area (Å²) in [5.41, 5.74) is -0.00114. The molecule has 3 saturated heterocycles. The summed E-state index contributed by atoms with van der Waals surface area (Å²) in [5, 5.41) is 0. The van der Waals surface area contributed by atoms with Crippen LogP contribution in [0.15, 0.2) is 24.3 Å². The lowest BCUT2D eigenvalue weighted by Gasteiger charge is -2.59. The monoisotopic (exact) mass is 431 g/mol. The summed E-state index contributed by atoms with van der Waals surface area (Å²) in [5.74, 6) is -0.0145. The van der Waals surface area contributed by atoms with Gasteiger partial charge < -0.3 is 19.4 Å². The Balaban J connectivity index is 1.38. The molecule has 1 aromatic rings. The number of nitrogens with zero attached hydrogens (tertiary/aromatic N) is 3. The number of hydrogen-bond donors (Lipinski definition) is 0. The van der Waals surface area contributed by atoms with E-state index in [9.17, 15) is 18.8 Å². The molecular weight excluding hydrogens is 401 g/mol. The summed E-state index contributed by atoms with van der Waals surface area (Å²) >= 11 is 0. The van der Waals surface area contributed by atoms with Crippen LogP contribution in [0, 0.1) is 11.7 Å². The first-order valence-electron chi connectivity index (χ1n) is 11.0. The number of likely N-dealkylation sites (tertiary alicyclic amines) is 2. The standard InChI is InChI=1S/C23H30FN3O4/c1-16(28)25-10-6-17(7-11-25)14-20(29)26-12-8-23(9-13-26)21(31-2)22(30)27(23)19-5-3-4-18(24)15-19/h3-5,15,17,21H,6-14H2,1-2H3. The molecule has 3 aliphatic rings. The van der Waals surface area contributed by atoms with Gasteiger partial charge in [-0.25, -0.2) is 4.39 Å². The molecule has 0 N–H and O–H groups in total. The third-order valence-corrected chi connectivity index (χ3v) is 7.19. The van der Waals surface area contributed by atoms with Crippen LogP contribution in [0.3, 0.4) is 0 Å². The van der Waals surface area contributed by atoms with Gasteiger partial charge in [-0.3, -0.25) is 14.4 Å². The van der Waals surface area contributed by atoms with E-state index in [-0.39, 0.29) is 23.5 Å². The van der Waals surface area contributed by atoms with Crippen molar-refractivity contribution in [2.45, 2.75) is 50.7 Å². The molecule has 31 heavy (non-hydrogen) atoms. The topological polar surface area (TPSA) is 70.2 Å². The molecule has 3 amide bonds. The first-order valence-corrected chi connectivity index (χ1v) is 11.0. The van der Waals surface area contributed by atoms with Gasteiger partial charge in [0.15, 0.2) is 6.10 Å². The second-order valence-electron chi connectivity index (χ2n) is 8.91. The highest BCUT2D eigenvalue weighted by atomic mass is 19.1. The summed E-state index contributed by atoms with van der Waals surface area (Å²) in [7, 11) is 1.53. The minimum Gasteiger partial charge on any atom is -0.369 e. The molecule has 0 bridgehead atoms. The Kier molecular flexibility index (Phi) is 6.01.